The molecule has 4 nitrogen and oxygen atoms in total. The largest absolute Gasteiger partial charge is 0.481 e. The van der Waals surface area contributed by atoms with Crippen molar-refractivity contribution in [2.45, 2.75) is 50.8 Å². The number of hydrogen-bond donors (Lipinski definition) is 3. The van der Waals surface area contributed by atoms with Gasteiger partial charge in [0.1, 0.15) is 0 Å². The number of aliphatic carboxylic acids is 1. The van der Waals surface area contributed by atoms with Gasteiger partial charge in [-0.05, 0) is 37.8 Å². The summed E-state index contributed by atoms with van der Waals surface area (Å²) < 4.78 is 0. The Labute approximate surface area is 111 Å². The molecule has 0 atom stereocenters. The molecule has 0 spiro atoms. The van der Waals surface area contributed by atoms with Crippen LogP contribution in [0.3, 0.4) is 0 Å². The van der Waals surface area contributed by atoms with Crippen LogP contribution < -0.4 is 5.32 Å². The summed E-state index contributed by atoms with van der Waals surface area (Å²) in [6.45, 7) is 0.797. The lowest BCUT2D eigenvalue weighted by Crippen LogP contribution is -2.33. The molecule has 0 amide bonds. The topological polar surface area (TPSA) is 69.6 Å². The average Bonchev–Trinajstić information content (AvgIpc) is 2.75. The lowest BCUT2D eigenvalue weighted by Gasteiger charge is -2.26. The highest BCUT2D eigenvalue weighted by atomic mass is 32.1. The van der Waals surface area contributed by atoms with Gasteiger partial charge in [0.25, 0.3) is 0 Å². The average molecular weight is 269 g/mol. The summed E-state index contributed by atoms with van der Waals surface area (Å²) in [5.41, 5.74) is 0. The molecule has 18 heavy (non-hydrogen) atoms. The van der Waals surface area contributed by atoms with Gasteiger partial charge in [0.05, 0.1) is 12.5 Å². The predicted molar refractivity (Wildman–Crippen MR) is 70.8 cm³/mol. The third-order valence-corrected chi connectivity index (χ3v) is 4.39. The number of carboxylic acid groups (broad SMARTS) is 1. The summed E-state index contributed by atoms with van der Waals surface area (Å²) in [6, 6.07) is 4.37. The van der Waals surface area contributed by atoms with Crippen LogP contribution in [-0.4, -0.2) is 28.3 Å². The van der Waals surface area contributed by atoms with E-state index in [2.05, 4.69) is 5.32 Å². The molecule has 0 unspecified atom stereocenters. The maximum absolute atomic E-state index is 10.6. The monoisotopic (exact) mass is 269 g/mol. The number of aliphatic hydroxyl groups excluding tert-OH is 1. The van der Waals surface area contributed by atoms with E-state index in [1.165, 1.54) is 4.88 Å². The van der Waals surface area contributed by atoms with Gasteiger partial charge in [0, 0.05) is 22.3 Å². The highest BCUT2D eigenvalue weighted by Gasteiger charge is 2.18. The first kappa shape index (κ1) is 13.5. The summed E-state index contributed by atoms with van der Waals surface area (Å²) in [6.07, 6.45) is 3.80. The zero-order valence-electron chi connectivity index (χ0n) is 10.3. The van der Waals surface area contributed by atoms with Gasteiger partial charge in [-0.25, -0.2) is 0 Å². The predicted octanol–water partition coefficient (Wildman–Crippen LogP) is 1.77. The minimum Gasteiger partial charge on any atom is -0.481 e. The Kier molecular flexibility index (Phi) is 4.74. The van der Waals surface area contributed by atoms with Crippen molar-refractivity contribution >= 4 is 17.3 Å². The van der Waals surface area contributed by atoms with Crippen LogP contribution in [0.5, 0.6) is 0 Å². The summed E-state index contributed by atoms with van der Waals surface area (Å²) >= 11 is 1.56. The summed E-state index contributed by atoms with van der Waals surface area (Å²) in [4.78, 5) is 12.7. The van der Waals surface area contributed by atoms with Crippen molar-refractivity contribution in [2.75, 3.05) is 0 Å². The second-order valence-electron chi connectivity index (χ2n) is 4.82. The molecule has 0 radical (unpaired) electrons. The van der Waals surface area contributed by atoms with E-state index >= 15 is 0 Å². The first-order chi connectivity index (χ1) is 8.63. The first-order valence-electron chi connectivity index (χ1n) is 6.34. The lowest BCUT2D eigenvalue weighted by atomic mass is 9.93. The smallest absolute Gasteiger partial charge is 0.308 e. The van der Waals surface area contributed by atoms with Crippen LogP contribution in [-0.2, 0) is 17.8 Å². The molecule has 2 rings (SSSR count). The van der Waals surface area contributed by atoms with Crippen LogP contribution in [0.4, 0.5) is 0 Å². The van der Waals surface area contributed by atoms with Crippen LogP contribution in [0.2, 0.25) is 0 Å². The molecule has 0 bridgehead atoms. The van der Waals surface area contributed by atoms with Gasteiger partial charge in [-0.15, -0.1) is 11.3 Å². The van der Waals surface area contributed by atoms with E-state index in [0.29, 0.717) is 6.04 Å². The molecule has 1 heterocycles. The van der Waals surface area contributed by atoms with Crippen molar-refractivity contribution in [2.24, 2.45) is 0 Å². The molecule has 1 saturated carbocycles. The Morgan fingerprint density at radius 2 is 1.94 bits per heavy atom. The fourth-order valence-electron chi connectivity index (χ4n) is 2.29. The highest BCUT2D eigenvalue weighted by Crippen LogP contribution is 2.21. The quantitative estimate of drug-likeness (QED) is 0.762. The Morgan fingerprint density at radius 1 is 1.28 bits per heavy atom. The number of rotatable bonds is 5. The van der Waals surface area contributed by atoms with E-state index in [-0.39, 0.29) is 12.5 Å². The Balaban J connectivity index is 1.76. The zero-order chi connectivity index (χ0) is 13.0. The van der Waals surface area contributed by atoms with Gasteiger partial charge in [0.15, 0.2) is 0 Å². The third-order valence-electron chi connectivity index (χ3n) is 3.30. The van der Waals surface area contributed by atoms with Gasteiger partial charge in [0.2, 0.25) is 0 Å². The maximum atomic E-state index is 10.6. The van der Waals surface area contributed by atoms with E-state index in [1.54, 1.807) is 11.3 Å². The standard InChI is InChI=1S/C13H19NO3S/c15-10-3-1-9(2-4-10)14-8-12-6-5-11(18-12)7-13(16)17/h5-6,9-10,14-15H,1-4,7-8H2,(H,16,17). The van der Waals surface area contributed by atoms with Crippen LogP contribution in [0.15, 0.2) is 12.1 Å². The van der Waals surface area contributed by atoms with E-state index < -0.39 is 5.97 Å². The zero-order valence-corrected chi connectivity index (χ0v) is 11.1. The van der Waals surface area contributed by atoms with Crippen LogP contribution in [0, 0.1) is 0 Å². The minimum absolute atomic E-state index is 0.111. The Bertz CT molecular complexity index is 397. The number of thiophene rings is 1. The van der Waals surface area contributed by atoms with E-state index in [4.69, 9.17) is 5.11 Å². The lowest BCUT2D eigenvalue weighted by molar-refractivity contribution is -0.136. The molecule has 1 aromatic heterocycles. The van der Waals surface area contributed by atoms with E-state index in [1.807, 2.05) is 12.1 Å². The van der Waals surface area contributed by atoms with Crippen molar-refractivity contribution in [1.29, 1.82) is 0 Å². The Morgan fingerprint density at radius 3 is 2.61 bits per heavy atom. The van der Waals surface area contributed by atoms with Gasteiger partial charge in [-0.1, -0.05) is 0 Å². The molecular formula is C13H19NO3S. The van der Waals surface area contributed by atoms with Crippen molar-refractivity contribution in [1.82, 2.24) is 5.32 Å². The molecule has 0 aromatic carbocycles. The van der Waals surface area contributed by atoms with Crippen molar-refractivity contribution in [3.63, 3.8) is 0 Å². The van der Waals surface area contributed by atoms with Crippen LogP contribution >= 0.6 is 11.3 Å². The number of aliphatic hydroxyl groups is 1. The number of hydrogen-bond acceptors (Lipinski definition) is 4. The molecule has 1 aliphatic carbocycles. The van der Waals surface area contributed by atoms with Gasteiger partial charge in [-0.3, -0.25) is 4.79 Å². The molecule has 1 fully saturated rings. The number of carboxylic acids is 1. The first-order valence-corrected chi connectivity index (χ1v) is 7.16. The summed E-state index contributed by atoms with van der Waals surface area (Å²) in [5, 5.41) is 21.6. The van der Waals surface area contributed by atoms with E-state index in [0.717, 1.165) is 37.1 Å². The van der Waals surface area contributed by atoms with Gasteiger partial charge in [-0.2, -0.15) is 0 Å². The van der Waals surface area contributed by atoms with Gasteiger partial charge < -0.3 is 15.5 Å². The fourth-order valence-corrected chi connectivity index (χ4v) is 3.25. The SMILES string of the molecule is O=C(O)Cc1ccc(CNC2CCC(O)CC2)s1. The van der Waals surface area contributed by atoms with E-state index in [9.17, 15) is 9.90 Å². The molecule has 0 aliphatic heterocycles. The maximum Gasteiger partial charge on any atom is 0.308 e. The van der Waals surface area contributed by atoms with Crippen molar-refractivity contribution < 1.29 is 15.0 Å². The number of carbonyl (C=O) groups is 1. The molecule has 1 aliphatic rings. The molecule has 3 N–H and O–H groups in total. The van der Waals surface area contributed by atoms with Crippen LogP contribution in [0.1, 0.15) is 35.4 Å². The normalized spacial score (nSPS) is 24.1. The summed E-state index contributed by atoms with van der Waals surface area (Å²) in [7, 11) is 0. The minimum atomic E-state index is -0.780. The third kappa shape index (κ3) is 4.08. The van der Waals surface area contributed by atoms with Crippen LogP contribution in [0.25, 0.3) is 0 Å². The Hall–Kier alpha value is -0.910. The molecule has 100 valence electrons. The van der Waals surface area contributed by atoms with Crippen molar-refractivity contribution in [3.8, 4) is 0 Å². The molecular weight excluding hydrogens is 250 g/mol. The second-order valence-corrected chi connectivity index (χ2v) is 6.08. The summed E-state index contributed by atoms with van der Waals surface area (Å²) in [5.74, 6) is -0.780. The number of nitrogens with one attached hydrogen (secondary N) is 1. The second kappa shape index (κ2) is 6.31. The molecule has 5 heteroatoms. The van der Waals surface area contributed by atoms with Crippen molar-refractivity contribution in [3.05, 3.63) is 21.9 Å². The fraction of sp³-hybridized carbons (Fsp3) is 0.615. The van der Waals surface area contributed by atoms with Gasteiger partial charge >= 0.3 is 5.97 Å². The highest BCUT2D eigenvalue weighted by molar-refractivity contribution is 7.12. The molecule has 1 aromatic rings. The molecule has 0 saturated heterocycles.